The van der Waals surface area contributed by atoms with Gasteiger partial charge in [-0.05, 0) is 35.4 Å². The lowest BCUT2D eigenvalue weighted by molar-refractivity contribution is 0.898. The largest absolute Gasteiger partial charge is 0.341 e. The summed E-state index contributed by atoms with van der Waals surface area (Å²) >= 11 is 8.47. The third kappa shape index (κ3) is 2.69. The molecule has 3 nitrogen and oxygen atoms in total. The van der Waals surface area contributed by atoms with E-state index in [1.54, 1.807) is 0 Å². The van der Waals surface area contributed by atoms with Crippen LogP contribution >= 0.6 is 34.2 Å². The molecule has 0 N–H and O–H groups in total. The zero-order chi connectivity index (χ0) is 13.2. The van der Waals surface area contributed by atoms with Crippen LogP contribution < -0.4 is 4.90 Å². The highest BCUT2D eigenvalue weighted by molar-refractivity contribution is 14.1. The molecule has 0 aliphatic carbocycles. The van der Waals surface area contributed by atoms with Crippen LogP contribution in [-0.2, 0) is 0 Å². The topological polar surface area (TPSA) is 29.0 Å². The van der Waals surface area contributed by atoms with Gasteiger partial charge in [0.25, 0.3) is 0 Å². The summed E-state index contributed by atoms with van der Waals surface area (Å²) in [6.07, 6.45) is 2.40. The number of halogens is 2. The summed E-state index contributed by atoms with van der Waals surface area (Å²) in [5.41, 5.74) is 2.00. The van der Waals surface area contributed by atoms with Gasteiger partial charge in [0.1, 0.15) is 5.15 Å². The maximum atomic E-state index is 6.26. The number of benzene rings is 1. The fourth-order valence-corrected chi connectivity index (χ4v) is 2.97. The van der Waals surface area contributed by atoms with Crippen molar-refractivity contribution < 1.29 is 0 Å². The van der Waals surface area contributed by atoms with Crippen LogP contribution in [0.25, 0.3) is 11.3 Å². The Morgan fingerprint density at radius 1 is 1.05 bits per heavy atom. The van der Waals surface area contributed by atoms with Crippen LogP contribution in [0.15, 0.2) is 30.3 Å². The molecule has 1 saturated heterocycles. The van der Waals surface area contributed by atoms with Crippen LogP contribution in [0.1, 0.15) is 12.8 Å². The Kier molecular flexibility index (Phi) is 3.88. The summed E-state index contributed by atoms with van der Waals surface area (Å²) in [4.78, 5) is 11.3. The predicted molar refractivity (Wildman–Crippen MR) is 86.6 cm³/mol. The maximum absolute atomic E-state index is 6.26. The Bertz CT molecular complexity index is 583. The van der Waals surface area contributed by atoms with Gasteiger partial charge in [-0.15, -0.1) is 0 Å². The van der Waals surface area contributed by atoms with Crippen LogP contribution in [0.2, 0.25) is 5.15 Å². The van der Waals surface area contributed by atoms with Crippen molar-refractivity contribution in [1.82, 2.24) is 9.97 Å². The molecule has 0 spiro atoms. The first-order valence-electron chi connectivity index (χ1n) is 6.29. The molecule has 0 amide bonds. The zero-order valence-electron chi connectivity index (χ0n) is 10.3. The lowest BCUT2D eigenvalue weighted by Crippen LogP contribution is -2.21. The minimum Gasteiger partial charge on any atom is -0.341 e. The second kappa shape index (κ2) is 5.63. The fourth-order valence-electron chi connectivity index (χ4n) is 2.25. The molecule has 2 aromatic rings. The van der Waals surface area contributed by atoms with E-state index in [0.717, 1.165) is 33.9 Å². The molecule has 3 rings (SSSR count). The van der Waals surface area contributed by atoms with Crippen LogP contribution in [0.4, 0.5) is 5.95 Å². The molecular formula is C14H13ClIN3. The number of nitrogens with zero attached hydrogens (tertiary/aromatic N) is 3. The minimum absolute atomic E-state index is 0.538. The van der Waals surface area contributed by atoms with Crippen molar-refractivity contribution in [2.45, 2.75) is 12.8 Å². The monoisotopic (exact) mass is 385 g/mol. The molecule has 5 heteroatoms. The van der Waals surface area contributed by atoms with E-state index in [4.69, 9.17) is 16.6 Å². The Hall–Kier alpha value is -0.880. The highest BCUT2D eigenvalue weighted by atomic mass is 127. The van der Waals surface area contributed by atoms with E-state index < -0.39 is 0 Å². The van der Waals surface area contributed by atoms with E-state index >= 15 is 0 Å². The van der Waals surface area contributed by atoms with Crippen LogP contribution in [0.3, 0.4) is 0 Å². The molecule has 0 bridgehead atoms. The van der Waals surface area contributed by atoms with E-state index in [9.17, 15) is 0 Å². The number of anilines is 1. The highest BCUT2D eigenvalue weighted by Crippen LogP contribution is 2.30. The SMILES string of the molecule is Clc1nc(N2CCCC2)nc(-c2ccccc2)c1I. The van der Waals surface area contributed by atoms with E-state index in [2.05, 4.69) is 44.6 Å². The van der Waals surface area contributed by atoms with E-state index in [1.165, 1.54) is 12.8 Å². The van der Waals surface area contributed by atoms with Gasteiger partial charge in [-0.3, -0.25) is 0 Å². The Morgan fingerprint density at radius 3 is 2.42 bits per heavy atom. The molecule has 98 valence electrons. The normalized spacial score (nSPS) is 14.9. The van der Waals surface area contributed by atoms with Crippen LogP contribution in [0, 0.1) is 3.57 Å². The second-order valence-electron chi connectivity index (χ2n) is 4.54. The van der Waals surface area contributed by atoms with Gasteiger partial charge in [-0.1, -0.05) is 41.9 Å². The molecule has 1 aliphatic rings. The second-order valence-corrected chi connectivity index (χ2v) is 5.97. The standard InChI is InChI=1S/C14H13ClIN3/c15-13-11(16)12(10-6-2-1-3-7-10)17-14(18-13)19-8-4-5-9-19/h1-3,6-7H,4-5,8-9H2. The molecular weight excluding hydrogens is 373 g/mol. The van der Waals surface area contributed by atoms with Gasteiger partial charge in [0.2, 0.25) is 5.95 Å². The molecule has 2 heterocycles. The van der Waals surface area contributed by atoms with Crippen LogP contribution in [0.5, 0.6) is 0 Å². The lowest BCUT2D eigenvalue weighted by atomic mass is 10.1. The van der Waals surface area contributed by atoms with Crippen molar-refractivity contribution in [2.75, 3.05) is 18.0 Å². The highest BCUT2D eigenvalue weighted by Gasteiger charge is 2.19. The molecule has 0 radical (unpaired) electrons. The third-order valence-corrected chi connectivity index (χ3v) is 4.85. The Morgan fingerprint density at radius 2 is 1.74 bits per heavy atom. The first-order chi connectivity index (χ1) is 9.25. The molecule has 19 heavy (non-hydrogen) atoms. The average Bonchev–Trinajstić information content (AvgIpc) is 2.97. The van der Waals surface area contributed by atoms with Gasteiger partial charge in [0.05, 0.1) is 9.26 Å². The third-order valence-electron chi connectivity index (χ3n) is 3.24. The van der Waals surface area contributed by atoms with E-state index in [0.29, 0.717) is 5.15 Å². The molecule has 1 aromatic heterocycles. The van der Waals surface area contributed by atoms with Gasteiger partial charge >= 0.3 is 0 Å². The van der Waals surface area contributed by atoms with Gasteiger partial charge in [-0.25, -0.2) is 4.98 Å². The molecule has 1 fully saturated rings. The summed E-state index contributed by atoms with van der Waals surface area (Å²) in [6, 6.07) is 10.1. The molecule has 0 saturated carbocycles. The quantitative estimate of drug-likeness (QED) is 0.578. The van der Waals surface area contributed by atoms with Gasteiger partial charge < -0.3 is 4.90 Å². The summed E-state index contributed by atoms with van der Waals surface area (Å²) in [5.74, 6) is 0.752. The predicted octanol–water partition coefficient (Wildman–Crippen LogP) is 4.00. The van der Waals surface area contributed by atoms with Crippen LogP contribution in [-0.4, -0.2) is 23.1 Å². The summed E-state index contributed by atoms with van der Waals surface area (Å²) in [5, 5.41) is 0.538. The Labute approximate surface area is 131 Å². The first-order valence-corrected chi connectivity index (χ1v) is 7.75. The van der Waals surface area contributed by atoms with Crippen molar-refractivity contribution >= 4 is 40.1 Å². The van der Waals surface area contributed by atoms with Crippen molar-refractivity contribution in [3.63, 3.8) is 0 Å². The van der Waals surface area contributed by atoms with E-state index in [1.807, 2.05) is 18.2 Å². The summed E-state index contributed by atoms with van der Waals surface area (Å²) in [7, 11) is 0. The van der Waals surface area contributed by atoms with Gasteiger partial charge in [0, 0.05) is 18.7 Å². The molecule has 0 unspecified atom stereocenters. The zero-order valence-corrected chi connectivity index (χ0v) is 13.2. The number of hydrogen-bond acceptors (Lipinski definition) is 3. The van der Waals surface area contributed by atoms with Crippen molar-refractivity contribution in [3.8, 4) is 11.3 Å². The van der Waals surface area contributed by atoms with Gasteiger partial charge in [0.15, 0.2) is 0 Å². The van der Waals surface area contributed by atoms with Crippen molar-refractivity contribution in [1.29, 1.82) is 0 Å². The number of aromatic nitrogens is 2. The van der Waals surface area contributed by atoms with Gasteiger partial charge in [-0.2, -0.15) is 4.98 Å². The first kappa shape index (κ1) is 13.1. The van der Waals surface area contributed by atoms with Crippen molar-refractivity contribution in [3.05, 3.63) is 39.1 Å². The summed E-state index contributed by atoms with van der Waals surface area (Å²) in [6.45, 7) is 2.04. The summed E-state index contributed by atoms with van der Waals surface area (Å²) < 4.78 is 0.911. The lowest BCUT2D eigenvalue weighted by Gasteiger charge is -2.17. The molecule has 1 aromatic carbocycles. The number of hydrogen-bond donors (Lipinski definition) is 0. The smallest absolute Gasteiger partial charge is 0.227 e. The van der Waals surface area contributed by atoms with Crippen molar-refractivity contribution in [2.24, 2.45) is 0 Å². The van der Waals surface area contributed by atoms with E-state index in [-0.39, 0.29) is 0 Å². The maximum Gasteiger partial charge on any atom is 0.227 e. The number of rotatable bonds is 2. The molecule has 0 atom stereocenters. The minimum atomic E-state index is 0.538. The Balaban J connectivity index is 2.08. The fraction of sp³-hybridized carbons (Fsp3) is 0.286. The average molecular weight is 386 g/mol. The molecule has 1 aliphatic heterocycles.